The maximum absolute atomic E-state index is 12.5. The lowest BCUT2D eigenvalue weighted by Crippen LogP contribution is -2.46. The maximum Gasteiger partial charge on any atom is 0.225 e. The topological polar surface area (TPSA) is 70.8 Å². The normalized spacial score (nSPS) is 20.0. The number of hydrogen-bond acceptors (Lipinski definition) is 5. The Hall–Kier alpha value is -1.79. The van der Waals surface area contributed by atoms with Crippen LogP contribution >= 0.6 is 0 Å². The van der Waals surface area contributed by atoms with Crippen molar-refractivity contribution in [3.8, 4) is 0 Å². The molecule has 0 atom stereocenters. The number of rotatable bonds is 3. The van der Waals surface area contributed by atoms with E-state index in [-0.39, 0.29) is 5.92 Å². The van der Waals surface area contributed by atoms with E-state index in [2.05, 4.69) is 16.4 Å². The van der Waals surface area contributed by atoms with Gasteiger partial charge in [-0.2, -0.15) is 0 Å². The number of piperidine rings is 1. The monoisotopic (exact) mass is 304 g/mol. The van der Waals surface area contributed by atoms with Gasteiger partial charge in [-0.1, -0.05) is 12.1 Å². The fourth-order valence-corrected chi connectivity index (χ4v) is 3.28. The van der Waals surface area contributed by atoms with E-state index in [4.69, 9.17) is 10.6 Å². The first-order valence-corrected chi connectivity index (χ1v) is 7.96. The minimum Gasteiger partial charge on any atom is -0.378 e. The van der Waals surface area contributed by atoms with E-state index in [1.165, 1.54) is 0 Å². The average molecular weight is 304 g/mol. The zero-order valence-electron chi connectivity index (χ0n) is 12.8. The predicted molar refractivity (Wildman–Crippen MR) is 86.6 cm³/mol. The molecule has 120 valence electrons. The van der Waals surface area contributed by atoms with Crippen LogP contribution in [0.15, 0.2) is 24.3 Å². The van der Waals surface area contributed by atoms with E-state index in [9.17, 15) is 4.79 Å². The fraction of sp³-hybridized carbons (Fsp3) is 0.562. The van der Waals surface area contributed by atoms with Crippen LogP contribution < -0.4 is 16.2 Å². The Morgan fingerprint density at radius 3 is 2.50 bits per heavy atom. The SMILES string of the molecule is NNc1ccccc1N1CCC(C(=O)N2CCOCC2)CC1. The summed E-state index contributed by atoms with van der Waals surface area (Å²) in [6.07, 6.45) is 1.80. The fourth-order valence-electron chi connectivity index (χ4n) is 3.28. The number of hydrogen-bond donors (Lipinski definition) is 2. The number of hydrazine groups is 1. The number of carbonyl (C=O) groups excluding carboxylic acids is 1. The summed E-state index contributed by atoms with van der Waals surface area (Å²) in [6.45, 7) is 4.58. The van der Waals surface area contributed by atoms with Crippen LogP contribution in [0.1, 0.15) is 12.8 Å². The zero-order valence-corrected chi connectivity index (χ0v) is 12.8. The molecule has 3 N–H and O–H groups in total. The third-order valence-corrected chi connectivity index (χ3v) is 4.57. The number of ether oxygens (including phenoxy) is 1. The summed E-state index contributed by atoms with van der Waals surface area (Å²) in [5.41, 5.74) is 4.79. The number of benzene rings is 1. The molecule has 0 radical (unpaired) electrons. The molecule has 2 saturated heterocycles. The second-order valence-electron chi connectivity index (χ2n) is 5.86. The summed E-state index contributed by atoms with van der Waals surface area (Å²) in [7, 11) is 0. The highest BCUT2D eigenvalue weighted by Crippen LogP contribution is 2.29. The zero-order chi connectivity index (χ0) is 15.4. The number of amides is 1. The first-order chi connectivity index (χ1) is 10.8. The standard InChI is InChI=1S/C16H24N4O2/c17-18-14-3-1-2-4-15(14)19-7-5-13(6-8-19)16(21)20-9-11-22-12-10-20/h1-4,13,18H,5-12,17H2. The number of nitrogens with two attached hydrogens (primary N) is 1. The minimum atomic E-state index is 0.146. The highest BCUT2D eigenvalue weighted by atomic mass is 16.5. The van der Waals surface area contributed by atoms with Crippen LogP contribution in [0, 0.1) is 5.92 Å². The first kappa shape index (κ1) is 15.1. The third kappa shape index (κ3) is 3.18. The smallest absolute Gasteiger partial charge is 0.225 e. The van der Waals surface area contributed by atoms with Gasteiger partial charge in [-0.05, 0) is 25.0 Å². The molecule has 22 heavy (non-hydrogen) atoms. The van der Waals surface area contributed by atoms with Gasteiger partial charge in [-0.3, -0.25) is 10.6 Å². The van der Waals surface area contributed by atoms with E-state index >= 15 is 0 Å². The Labute approximate surface area is 131 Å². The van der Waals surface area contributed by atoms with E-state index in [0.717, 1.165) is 50.4 Å². The van der Waals surface area contributed by atoms with Crippen molar-refractivity contribution in [1.82, 2.24) is 4.90 Å². The number of para-hydroxylation sites is 2. The predicted octanol–water partition coefficient (Wildman–Crippen LogP) is 1.05. The van der Waals surface area contributed by atoms with E-state index in [0.29, 0.717) is 19.1 Å². The van der Waals surface area contributed by atoms with Crippen molar-refractivity contribution in [2.24, 2.45) is 11.8 Å². The lowest BCUT2D eigenvalue weighted by Gasteiger charge is -2.37. The van der Waals surface area contributed by atoms with Crippen molar-refractivity contribution in [2.75, 3.05) is 49.7 Å². The van der Waals surface area contributed by atoms with Crippen LogP contribution in [0.2, 0.25) is 0 Å². The van der Waals surface area contributed by atoms with Crippen LogP contribution in [0.3, 0.4) is 0 Å². The Balaban J connectivity index is 1.59. The van der Waals surface area contributed by atoms with Gasteiger partial charge in [0, 0.05) is 32.1 Å². The van der Waals surface area contributed by atoms with E-state index < -0.39 is 0 Å². The van der Waals surface area contributed by atoms with Gasteiger partial charge in [0.1, 0.15) is 0 Å². The largest absolute Gasteiger partial charge is 0.378 e. The number of anilines is 2. The molecule has 0 bridgehead atoms. The number of morpholine rings is 1. The molecule has 1 aromatic carbocycles. The summed E-state index contributed by atoms with van der Waals surface area (Å²) < 4.78 is 5.32. The second-order valence-corrected chi connectivity index (χ2v) is 5.86. The molecule has 6 heteroatoms. The van der Waals surface area contributed by atoms with Crippen molar-refractivity contribution in [3.63, 3.8) is 0 Å². The van der Waals surface area contributed by atoms with Gasteiger partial charge in [-0.25, -0.2) is 0 Å². The van der Waals surface area contributed by atoms with Gasteiger partial charge in [0.25, 0.3) is 0 Å². The molecule has 1 amide bonds. The van der Waals surface area contributed by atoms with Crippen LogP contribution in [0.4, 0.5) is 11.4 Å². The molecule has 2 aliphatic heterocycles. The maximum atomic E-state index is 12.5. The molecular weight excluding hydrogens is 280 g/mol. The van der Waals surface area contributed by atoms with Crippen LogP contribution in [0.5, 0.6) is 0 Å². The van der Waals surface area contributed by atoms with Crippen LogP contribution in [0.25, 0.3) is 0 Å². The van der Waals surface area contributed by atoms with Crippen molar-refractivity contribution < 1.29 is 9.53 Å². The molecule has 3 rings (SSSR count). The summed E-state index contributed by atoms with van der Waals surface area (Å²) in [6, 6.07) is 8.02. The summed E-state index contributed by atoms with van der Waals surface area (Å²) in [5.74, 6) is 6.03. The molecule has 0 aromatic heterocycles. The lowest BCUT2D eigenvalue weighted by atomic mass is 9.94. The van der Waals surface area contributed by atoms with Crippen molar-refractivity contribution in [2.45, 2.75) is 12.8 Å². The van der Waals surface area contributed by atoms with Gasteiger partial charge in [0.15, 0.2) is 0 Å². The molecule has 0 unspecified atom stereocenters. The highest BCUT2D eigenvalue weighted by Gasteiger charge is 2.29. The molecule has 2 heterocycles. The molecule has 0 spiro atoms. The van der Waals surface area contributed by atoms with Crippen LogP contribution in [-0.4, -0.2) is 50.2 Å². The molecule has 0 saturated carbocycles. The number of nitrogens with zero attached hydrogens (tertiary/aromatic N) is 2. The summed E-state index contributed by atoms with van der Waals surface area (Å²) in [4.78, 5) is 16.8. The average Bonchev–Trinajstić information content (AvgIpc) is 2.62. The number of nitrogen functional groups attached to an aromatic ring is 1. The first-order valence-electron chi connectivity index (χ1n) is 7.96. The molecule has 2 aliphatic rings. The van der Waals surface area contributed by atoms with Crippen molar-refractivity contribution >= 4 is 17.3 Å². The van der Waals surface area contributed by atoms with Gasteiger partial charge in [0.05, 0.1) is 24.6 Å². The molecule has 1 aromatic rings. The van der Waals surface area contributed by atoms with Crippen LogP contribution in [-0.2, 0) is 9.53 Å². The Kier molecular flexibility index (Phi) is 4.80. The Bertz CT molecular complexity index is 509. The van der Waals surface area contributed by atoms with Gasteiger partial charge in [0.2, 0.25) is 5.91 Å². The Morgan fingerprint density at radius 2 is 1.82 bits per heavy atom. The third-order valence-electron chi connectivity index (χ3n) is 4.57. The number of carbonyl (C=O) groups is 1. The van der Waals surface area contributed by atoms with Gasteiger partial charge in [-0.15, -0.1) is 0 Å². The van der Waals surface area contributed by atoms with Crippen molar-refractivity contribution in [1.29, 1.82) is 0 Å². The highest BCUT2D eigenvalue weighted by molar-refractivity contribution is 5.79. The molecule has 2 fully saturated rings. The lowest BCUT2D eigenvalue weighted by molar-refractivity contribution is -0.140. The molecule has 0 aliphatic carbocycles. The quantitative estimate of drug-likeness (QED) is 0.645. The van der Waals surface area contributed by atoms with E-state index in [1.54, 1.807) is 0 Å². The van der Waals surface area contributed by atoms with Gasteiger partial charge < -0.3 is 20.0 Å². The van der Waals surface area contributed by atoms with E-state index in [1.807, 2.05) is 23.1 Å². The Morgan fingerprint density at radius 1 is 1.14 bits per heavy atom. The molecular formula is C16H24N4O2. The number of nitrogens with one attached hydrogen (secondary N) is 1. The summed E-state index contributed by atoms with van der Waals surface area (Å²) >= 11 is 0. The van der Waals surface area contributed by atoms with Crippen molar-refractivity contribution in [3.05, 3.63) is 24.3 Å². The summed E-state index contributed by atoms with van der Waals surface area (Å²) in [5, 5.41) is 0. The minimum absolute atomic E-state index is 0.146. The second kappa shape index (κ2) is 6.98. The molecule has 6 nitrogen and oxygen atoms in total. The van der Waals surface area contributed by atoms with Gasteiger partial charge >= 0.3 is 0 Å².